The summed E-state index contributed by atoms with van der Waals surface area (Å²) in [4.78, 5) is 11.9. The molecule has 0 aromatic carbocycles. The van der Waals surface area contributed by atoms with Gasteiger partial charge in [-0.2, -0.15) is 0 Å². The second kappa shape index (κ2) is 1.88. The van der Waals surface area contributed by atoms with Crippen molar-refractivity contribution in [3.05, 3.63) is 0 Å². The van der Waals surface area contributed by atoms with Crippen molar-refractivity contribution in [2.75, 3.05) is 19.7 Å². The van der Waals surface area contributed by atoms with Crippen molar-refractivity contribution in [2.45, 2.75) is 6.42 Å². The number of piperidine rings is 1. The van der Waals surface area contributed by atoms with Crippen LogP contribution in [0.25, 0.3) is 0 Å². The van der Waals surface area contributed by atoms with Crippen LogP contribution in [0.2, 0.25) is 0 Å². The highest BCUT2D eigenvalue weighted by Crippen LogP contribution is 2.57. The fourth-order valence-electron chi connectivity index (χ4n) is 1.98. The largest absolute Gasteiger partial charge is 0.465 e. The van der Waals surface area contributed by atoms with Crippen LogP contribution in [-0.4, -0.2) is 40.9 Å². The predicted octanol–water partition coefficient (Wildman–Crippen LogP) is -0.0214. The van der Waals surface area contributed by atoms with E-state index in [1.54, 1.807) is 0 Å². The first-order chi connectivity index (χ1) is 5.18. The smallest absolute Gasteiger partial charge is 0.407 e. The van der Waals surface area contributed by atoms with Crippen LogP contribution in [0.4, 0.5) is 4.79 Å². The number of hydrogen-bond acceptors (Lipinski definition) is 2. The second-order valence-corrected chi connectivity index (χ2v) is 3.58. The molecule has 2 fully saturated rings. The summed E-state index contributed by atoms with van der Waals surface area (Å²) in [6.07, 6.45) is 0.151. The molecule has 1 aliphatic heterocycles. The SMILES string of the molecule is O=C(O)N1CC2CC2(CO)C1. The maximum absolute atomic E-state index is 10.5. The molecule has 0 aromatic rings. The molecule has 2 aliphatic rings. The highest BCUT2D eigenvalue weighted by Gasteiger charge is 2.60. The van der Waals surface area contributed by atoms with E-state index >= 15 is 0 Å². The Kier molecular flexibility index (Phi) is 1.18. The van der Waals surface area contributed by atoms with Gasteiger partial charge in [-0.15, -0.1) is 0 Å². The first-order valence-electron chi connectivity index (χ1n) is 3.77. The maximum atomic E-state index is 10.5. The molecule has 1 aliphatic carbocycles. The predicted molar refractivity (Wildman–Crippen MR) is 37.2 cm³/mol. The lowest BCUT2D eigenvalue weighted by molar-refractivity contribution is 0.139. The zero-order valence-corrected chi connectivity index (χ0v) is 6.16. The molecule has 1 saturated carbocycles. The van der Waals surface area contributed by atoms with Crippen molar-refractivity contribution in [1.82, 2.24) is 4.90 Å². The standard InChI is InChI=1S/C7H11NO3/c9-4-7-1-5(7)2-8(3-7)6(10)11/h5,9H,1-4H2,(H,10,11). The zero-order valence-electron chi connectivity index (χ0n) is 6.16. The molecule has 4 heteroatoms. The van der Waals surface area contributed by atoms with Crippen LogP contribution in [0.15, 0.2) is 0 Å². The molecule has 62 valence electrons. The number of carboxylic acid groups (broad SMARTS) is 1. The Labute approximate surface area is 64.4 Å². The molecule has 2 atom stereocenters. The Morgan fingerprint density at radius 2 is 2.45 bits per heavy atom. The van der Waals surface area contributed by atoms with Gasteiger partial charge in [-0.1, -0.05) is 0 Å². The van der Waals surface area contributed by atoms with Gasteiger partial charge in [0.1, 0.15) is 0 Å². The molecule has 11 heavy (non-hydrogen) atoms. The van der Waals surface area contributed by atoms with Crippen LogP contribution in [0, 0.1) is 11.3 Å². The molecule has 1 amide bonds. The van der Waals surface area contributed by atoms with Gasteiger partial charge < -0.3 is 15.1 Å². The topological polar surface area (TPSA) is 60.8 Å². The van der Waals surface area contributed by atoms with Crippen LogP contribution in [0.1, 0.15) is 6.42 Å². The molecule has 0 bridgehead atoms. The van der Waals surface area contributed by atoms with Gasteiger partial charge in [-0.05, 0) is 12.3 Å². The Morgan fingerprint density at radius 1 is 1.73 bits per heavy atom. The van der Waals surface area contributed by atoms with Crippen LogP contribution >= 0.6 is 0 Å². The van der Waals surface area contributed by atoms with Gasteiger partial charge in [-0.3, -0.25) is 0 Å². The summed E-state index contributed by atoms with van der Waals surface area (Å²) in [5.41, 5.74) is -0.0433. The zero-order chi connectivity index (χ0) is 8.06. The minimum Gasteiger partial charge on any atom is -0.465 e. The molecular weight excluding hydrogens is 146 g/mol. The molecule has 1 saturated heterocycles. The number of carbonyl (C=O) groups is 1. The molecule has 2 rings (SSSR count). The number of aliphatic hydroxyl groups is 1. The summed E-state index contributed by atoms with van der Waals surface area (Å²) in [6.45, 7) is 1.29. The van der Waals surface area contributed by atoms with E-state index in [-0.39, 0.29) is 12.0 Å². The van der Waals surface area contributed by atoms with E-state index in [1.807, 2.05) is 0 Å². The molecule has 1 heterocycles. The summed E-state index contributed by atoms with van der Waals surface area (Å²) in [6, 6.07) is 0. The fourth-order valence-corrected chi connectivity index (χ4v) is 1.98. The van der Waals surface area contributed by atoms with E-state index in [4.69, 9.17) is 10.2 Å². The minimum atomic E-state index is -0.856. The van der Waals surface area contributed by atoms with E-state index in [0.717, 1.165) is 6.42 Å². The first-order valence-corrected chi connectivity index (χ1v) is 3.77. The highest BCUT2D eigenvalue weighted by atomic mass is 16.4. The van der Waals surface area contributed by atoms with Crippen molar-refractivity contribution in [2.24, 2.45) is 11.3 Å². The monoisotopic (exact) mass is 157 g/mol. The second-order valence-electron chi connectivity index (χ2n) is 3.58. The third-order valence-electron chi connectivity index (χ3n) is 2.89. The minimum absolute atomic E-state index is 0.0433. The Hall–Kier alpha value is -0.770. The van der Waals surface area contributed by atoms with Gasteiger partial charge in [0.2, 0.25) is 0 Å². The number of fused-ring (bicyclic) bond motifs is 1. The summed E-state index contributed by atoms with van der Waals surface area (Å²) in [5.74, 6) is 0.434. The number of aliphatic hydroxyl groups excluding tert-OH is 1. The number of hydrogen-bond donors (Lipinski definition) is 2. The molecule has 0 spiro atoms. The van der Waals surface area contributed by atoms with Crippen molar-refractivity contribution in [3.8, 4) is 0 Å². The average Bonchev–Trinajstić information content (AvgIpc) is 2.55. The lowest BCUT2D eigenvalue weighted by atomic mass is 10.1. The number of likely N-dealkylation sites (tertiary alicyclic amines) is 1. The van der Waals surface area contributed by atoms with Crippen molar-refractivity contribution in [3.63, 3.8) is 0 Å². The van der Waals surface area contributed by atoms with Crippen LogP contribution in [-0.2, 0) is 0 Å². The lowest BCUT2D eigenvalue weighted by Gasteiger charge is -2.15. The molecule has 4 nitrogen and oxygen atoms in total. The van der Waals surface area contributed by atoms with E-state index in [9.17, 15) is 4.79 Å². The van der Waals surface area contributed by atoms with Gasteiger partial charge in [-0.25, -0.2) is 4.79 Å². The highest BCUT2D eigenvalue weighted by molar-refractivity contribution is 5.66. The van der Waals surface area contributed by atoms with E-state index in [1.165, 1.54) is 4.90 Å². The average molecular weight is 157 g/mol. The Bertz CT molecular complexity index is 202. The van der Waals surface area contributed by atoms with E-state index in [0.29, 0.717) is 19.0 Å². The number of rotatable bonds is 1. The normalized spacial score (nSPS) is 40.5. The number of nitrogens with zero attached hydrogens (tertiary/aromatic N) is 1. The van der Waals surface area contributed by atoms with Gasteiger partial charge in [0.15, 0.2) is 0 Å². The number of amides is 1. The Morgan fingerprint density at radius 3 is 2.82 bits per heavy atom. The van der Waals surface area contributed by atoms with Gasteiger partial charge in [0, 0.05) is 18.5 Å². The fraction of sp³-hybridized carbons (Fsp3) is 0.857. The van der Waals surface area contributed by atoms with Gasteiger partial charge in [0.05, 0.1) is 6.61 Å². The summed E-state index contributed by atoms with van der Waals surface area (Å²) >= 11 is 0. The molecule has 0 aromatic heterocycles. The van der Waals surface area contributed by atoms with Gasteiger partial charge >= 0.3 is 6.09 Å². The van der Waals surface area contributed by atoms with Crippen molar-refractivity contribution < 1.29 is 15.0 Å². The summed E-state index contributed by atoms with van der Waals surface area (Å²) in [5, 5.41) is 17.6. The van der Waals surface area contributed by atoms with E-state index < -0.39 is 6.09 Å². The van der Waals surface area contributed by atoms with Crippen molar-refractivity contribution >= 4 is 6.09 Å². The third-order valence-corrected chi connectivity index (χ3v) is 2.89. The maximum Gasteiger partial charge on any atom is 0.407 e. The molecule has 2 unspecified atom stereocenters. The molecular formula is C7H11NO3. The van der Waals surface area contributed by atoms with Gasteiger partial charge in [0.25, 0.3) is 0 Å². The van der Waals surface area contributed by atoms with Crippen LogP contribution in [0.5, 0.6) is 0 Å². The third kappa shape index (κ3) is 0.822. The first kappa shape index (κ1) is 6.91. The summed E-state index contributed by atoms with van der Waals surface area (Å²) < 4.78 is 0. The molecule has 2 N–H and O–H groups in total. The van der Waals surface area contributed by atoms with Crippen LogP contribution in [0.3, 0.4) is 0 Å². The van der Waals surface area contributed by atoms with Crippen molar-refractivity contribution in [1.29, 1.82) is 0 Å². The molecule has 0 radical (unpaired) electrons. The quantitative estimate of drug-likeness (QED) is 0.562. The lowest BCUT2D eigenvalue weighted by Crippen LogP contribution is -2.31. The van der Waals surface area contributed by atoms with Crippen LogP contribution < -0.4 is 0 Å². The van der Waals surface area contributed by atoms with E-state index in [2.05, 4.69) is 0 Å². The summed E-state index contributed by atoms with van der Waals surface area (Å²) in [7, 11) is 0. The Balaban J connectivity index is 2.02.